The zero-order chi connectivity index (χ0) is 31.4. The van der Waals surface area contributed by atoms with E-state index in [1.165, 1.54) is 105 Å². The first kappa shape index (κ1) is 26.9. The summed E-state index contributed by atoms with van der Waals surface area (Å²) < 4.78 is 4.87. The number of nitrogens with zero attached hydrogens (tertiary/aromatic N) is 2. The predicted molar refractivity (Wildman–Crippen MR) is 200 cm³/mol. The van der Waals surface area contributed by atoms with Gasteiger partial charge in [0, 0.05) is 32.9 Å². The molecule has 0 aliphatic heterocycles. The van der Waals surface area contributed by atoms with Gasteiger partial charge in [0.25, 0.3) is 0 Å². The summed E-state index contributed by atoms with van der Waals surface area (Å²) in [6.45, 7) is 0. The molecule has 0 N–H and O–H groups in total. The zero-order valence-corrected chi connectivity index (χ0v) is 27.1. The van der Waals surface area contributed by atoms with Crippen molar-refractivity contribution in [1.29, 1.82) is 0 Å². The minimum absolute atomic E-state index is 0.428. The molecular formula is C46H38N2. The van der Waals surface area contributed by atoms with E-state index in [0.717, 1.165) is 17.8 Å². The highest BCUT2D eigenvalue weighted by Gasteiger charge is 2.51. The molecule has 8 aromatic rings. The third kappa shape index (κ3) is 3.86. The number of hydrogen-bond donors (Lipinski definition) is 0. The molecule has 0 spiro atoms. The SMILES string of the molecule is c1ccc(-n2c3ccccc3c3cc(-c4ccc5c(c4)c4ccccc4n5-c4ccc(C56CC7CC(CC(C7)C5)C6)cc4)ccc32)cc1. The van der Waals surface area contributed by atoms with Crippen LogP contribution in [0.25, 0.3) is 66.1 Å². The van der Waals surface area contributed by atoms with Gasteiger partial charge in [-0.25, -0.2) is 0 Å². The average Bonchev–Trinajstić information content (AvgIpc) is 3.64. The summed E-state index contributed by atoms with van der Waals surface area (Å²) in [4.78, 5) is 0. The summed E-state index contributed by atoms with van der Waals surface area (Å²) >= 11 is 0. The lowest BCUT2D eigenvalue weighted by Crippen LogP contribution is -2.48. The molecule has 2 heteroatoms. The van der Waals surface area contributed by atoms with Gasteiger partial charge in [0.05, 0.1) is 22.1 Å². The van der Waals surface area contributed by atoms with Crippen LogP contribution in [0.15, 0.2) is 140 Å². The second-order valence-corrected chi connectivity index (χ2v) is 15.2. The van der Waals surface area contributed by atoms with Crippen LogP contribution in [-0.4, -0.2) is 9.13 Å². The highest BCUT2D eigenvalue weighted by Crippen LogP contribution is 2.60. The van der Waals surface area contributed by atoms with Gasteiger partial charge < -0.3 is 9.13 Å². The van der Waals surface area contributed by atoms with Gasteiger partial charge in [-0.15, -0.1) is 0 Å². The molecule has 6 aromatic carbocycles. The first-order valence-electron chi connectivity index (χ1n) is 17.9. The van der Waals surface area contributed by atoms with Gasteiger partial charge in [-0.1, -0.05) is 78.9 Å². The second-order valence-electron chi connectivity index (χ2n) is 15.2. The Labute approximate surface area is 281 Å². The Hall–Kier alpha value is -5.08. The molecule has 2 aromatic heterocycles. The lowest BCUT2D eigenvalue weighted by Gasteiger charge is -2.57. The summed E-state index contributed by atoms with van der Waals surface area (Å²) in [6, 6.07) is 52.3. The second kappa shape index (κ2) is 9.97. The van der Waals surface area contributed by atoms with Crippen molar-refractivity contribution in [1.82, 2.24) is 9.13 Å². The number of para-hydroxylation sites is 3. The molecule has 0 radical (unpaired) electrons. The van der Waals surface area contributed by atoms with Crippen LogP contribution in [0.3, 0.4) is 0 Å². The van der Waals surface area contributed by atoms with Crippen LogP contribution in [-0.2, 0) is 5.41 Å². The van der Waals surface area contributed by atoms with Crippen LogP contribution in [0.5, 0.6) is 0 Å². The minimum atomic E-state index is 0.428. The van der Waals surface area contributed by atoms with Crippen molar-refractivity contribution in [3.8, 4) is 22.5 Å². The first-order valence-corrected chi connectivity index (χ1v) is 17.9. The largest absolute Gasteiger partial charge is 0.309 e. The molecule has 12 rings (SSSR count). The van der Waals surface area contributed by atoms with Crippen LogP contribution in [0, 0.1) is 17.8 Å². The summed E-state index contributed by atoms with van der Waals surface area (Å²) in [7, 11) is 0. The lowest BCUT2D eigenvalue weighted by molar-refractivity contribution is -0.00518. The van der Waals surface area contributed by atoms with E-state index in [2.05, 4.69) is 149 Å². The monoisotopic (exact) mass is 618 g/mol. The normalized spacial score (nSPS) is 23.2. The highest BCUT2D eigenvalue weighted by atomic mass is 15.0. The van der Waals surface area contributed by atoms with Crippen molar-refractivity contribution in [3.05, 3.63) is 145 Å². The molecule has 0 unspecified atom stereocenters. The highest BCUT2D eigenvalue weighted by molar-refractivity contribution is 6.12. The van der Waals surface area contributed by atoms with Crippen molar-refractivity contribution in [2.45, 2.75) is 43.9 Å². The lowest BCUT2D eigenvalue weighted by atomic mass is 9.48. The van der Waals surface area contributed by atoms with E-state index in [-0.39, 0.29) is 0 Å². The fourth-order valence-corrected chi connectivity index (χ4v) is 10.9. The molecule has 4 aliphatic rings. The molecule has 0 amide bonds. The van der Waals surface area contributed by atoms with E-state index in [1.54, 1.807) is 5.56 Å². The van der Waals surface area contributed by atoms with Crippen molar-refractivity contribution in [3.63, 3.8) is 0 Å². The Morgan fingerprint density at radius 3 is 1.35 bits per heavy atom. The van der Waals surface area contributed by atoms with Crippen LogP contribution in [0.2, 0.25) is 0 Å². The molecule has 2 heterocycles. The third-order valence-electron chi connectivity index (χ3n) is 12.5. The Kier molecular flexibility index (Phi) is 5.59. The molecule has 4 aliphatic carbocycles. The van der Waals surface area contributed by atoms with Gasteiger partial charge >= 0.3 is 0 Å². The van der Waals surface area contributed by atoms with Crippen LogP contribution in [0.4, 0.5) is 0 Å². The van der Waals surface area contributed by atoms with Crippen molar-refractivity contribution in [2.24, 2.45) is 17.8 Å². The first-order chi connectivity index (χ1) is 23.7. The predicted octanol–water partition coefficient (Wildman–Crippen LogP) is 12.0. The van der Waals surface area contributed by atoms with Crippen LogP contribution in [0.1, 0.15) is 44.1 Å². The third-order valence-corrected chi connectivity index (χ3v) is 12.5. The minimum Gasteiger partial charge on any atom is -0.309 e. The fraction of sp³-hybridized carbons (Fsp3) is 0.217. The smallest absolute Gasteiger partial charge is 0.0541 e. The standard InChI is InChI=1S/C46H38N2/c1-2-8-36(9-3-1)47-42-12-6-4-10-38(42)40-25-33(14-20-44(40)47)34-15-21-45-41(26-34)39-11-5-7-13-43(39)48(45)37-18-16-35(17-19-37)46-27-30-22-31(28-46)24-32(23-30)29-46/h1-21,25-26,30-32H,22-24,27-29H2. The Bertz CT molecular complexity index is 2490. The molecule has 4 fully saturated rings. The molecule has 0 saturated heterocycles. The average molecular weight is 619 g/mol. The quantitative estimate of drug-likeness (QED) is 0.186. The summed E-state index contributed by atoms with van der Waals surface area (Å²) in [5, 5.41) is 5.18. The number of rotatable bonds is 4. The maximum absolute atomic E-state index is 2.48. The van der Waals surface area contributed by atoms with Crippen molar-refractivity contribution >= 4 is 43.6 Å². The van der Waals surface area contributed by atoms with Gasteiger partial charge in [-0.2, -0.15) is 0 Å². The van der Waals surface area contributed by atoms with E-state index in [1.807, 2.05) is 0 Å². The topological polar surface area (TPSA) is 9.86 Å². The van der Waals surface area contributed by atoms with E-state index in [9.17, 15) is 0 Å². The number of fused-ring (bicyclic) bond motifs is 6. The van der Waals surface area contributed by atoms with E-state index in [0.29, 0.717) is 5.41 Å². The van der Waals surface area contributed by atoms with Gasteiger partial charge in [-0.05, 0) is 139 Å². The summed E-state index contributed by atoms with van der Waals surface area (Å²) in [5.41, 5.74) is 12.0. The zero-order valence-electron chi connectivity index (χ0n) is 27.1. The van der Waals surface area contributed by atoms with Gasteiger partial charge in [0.15, 0.2) is 0 Å². The van der Waals surface area contributed by atoms with Crippen LogP contribution >= 0.6 is 0 Å². The maximum Gasteiger partial charge on any atom is 0.0541 e. The molecule has 4 bridgehead atoms. The van der Waals surface area contributed by atoms with Gasteiger partial charge in [-0.3, -0.25) is 0 Å². The molecule has 48 heavy (non-hydrogen) atoms. The van der Waals surface area contributed by atoms with Gasteiger partial charge in [0.1, 0.15) is 0 Å². The molecule has 232 valence electrons. The molecule has 2 nitrogen and oxygen atoms in total. The van der Waals surface area contributed by atoms with Gasteiger partial charge in [0.2, 0.25) is 0 Å². The number of benzene rings is 6. The fourth-order valence-electron chi connectivity index (χ4n) is 10.9. The Morgan fingerprint density at radius 1 is 0.396 bits per heavy atom. The van der Waals surface area contributed by atoms with E-state index < -0.39 is 0 Å². The number of hydrogen-bond acceptors (Lipinski definition) is 0. The molecule has 4 saturated carbocycles. The van der Waals surface area contributed by atoms with Crippen molar-refractivity contribution < 1.29 is 0 Å². The van der Waals surface area contributed by atoms with E-state index >= 15 is 0 Å². The maximum atomic E-state index is 2.48. The Morgan fingerprint density at radius 2 is 0.833 bits per heavy atom. The molecule has 0 atom stereocenters. The van der Waals surface area contributed by atoms with Crippen LogP contribution < -0.4 is 0 Å². The summed E-state index contributed by atoms with van der Waals surface area (Å²) in [6.07, 6.45) is 8.71. The molecular weight excluding hydrogens is 581 g/mol. The Balaban J connectivity index is 1.03. The number of aromatic nitrogens is 2. The summed E-state index contributed by atoms with van der Waals surface area (Å²) in [5.74, 6) is 2.89. The van der Waals surface area contributed by atoms with Crippen molar-refractivity contribution in [2.75, 3.05) is 0 Å². The van der Waals surface area contributed by atoms with E-state index in [4.69, 9.17) is 0 Å².